The van der Waals surface area contributed by atoms with E-state index in [1.807, 2.05) is 6.92 Å². The third-order valence-corrected chi connectivity index (χ3v) is 2.48. The van der Waals surface area contributed by atoms with Crippen molar-refractivity contribution in [1.82, 2.24) is 0 Å². The summed E-state index contributed by atoms with van der Waals surface area (Å²) in [6.45, 7) is 2.01. The number of carbonyl (C=O) groups is 1. The quantitative estimate of drug-likeness (QED) is 0.503. The van der Waals surface area contributed by atoms with Gasteiger partial charge in [0.15, 0.2) is 0 Å². The Morgan fingerprint density at radius 1 is 1.69 bits per heavy atom. The molecule has 13 heavy (non-hydrogen) atoms. The summed E-state index contributed by atoms with van der Waals surface area (Å²) in [6, 6.07) is 0. The molecule has 0 saturated carbocycles. The van der Waals surface area contributed by atoms with Gasteiger partial charge in [-0.1, -0.05) is 0 Å². The first-order valence-corrected chi connectivity index (χ1v) is 4.48. The molecule has 2 atom stereocenters. The molecule has 76 valence electrons. The molecule has 1 aliphatic rings. The Kier molecular flexibility index (Phi) is 3.27. The number of ether oxygens (including phenoxy) is 2. The second-order valence-corrected chi connectivity index (χ2v) is 3.53. The molecule has 1 N–H and O–H groups in total. The number of carbonyl (C=O) groups excluding carboxylic acids is 1. The predicted molar refractivity (Wildman–Crippen MR) is 46.2 cm³/mol. The van der Waals surface area contributed by atoms with E-state index in [-0.39, 0.29) is 24.3 Å². The zero-order valence-corrected chi connectivity index (χ0v) is 8.08. The van der Waals surface area contributed by atoms with Crippen LogP contribution in [0.3, 0.4) is 0 Å². The highest BCUT2D eigenvalue weighted by molar-refractivity contribution is 5.69. The molecule has 4 nitrogen and oxygen atoms in total. The van der Waals surface area contributed by atoms with Crippen molar-refractivity contribution in [3.8, 4) is 0 Å². The molecule has 0 amide bonds. The number of esters is 1. The normalized spacial score (nSPS) is 31.5. The number of methoxy groups -OCH3 is 1. The van der Waals surface area contributed by atoms with E-state index in [9.17, 15) is 4.79 Å². The molecular formula is C9H16O4. The maximum absolute atomic E-state index is 10.8. The van der Waals surface area contributed by atoms with Crippen molar-refractivity contribution in [3.05, 3.63) is 0 Å². The fourth-order valence-corrected chi connectivity index (χ4v) is 1.43. The summed E-state index contributed by atoms with van der Waals surface area (Å²) in [6.07, 6.45) is 1.94. The largest absolute Gasteiger partial charge is 0.469 e. The van der Waals surface area contributed by atoms with Crippen LogP contribution in [0.5, 0.6) is 0 Å². The zero-order chi connectivity index (χ0) is 9.90. The van der Waals surface area contributed by atoms with Gasteiger partial charge in [-0.15, -0.1) is 0 Å². The lowest BCUT2D eigenvalue weighted by Gasteiger charge is -2.04. The van der Waals surface area contributed by atoms with E-state index in [1.54, 1.807) is 0 Å². The van der Waals surface area contributed by atoms with Crippen molar-refractivity contribution in [1.29, 1.82) is 0 Å². The standard InChI is InChI=1S/C9H16O4/c1-9(7(6-10)13-9)5-3-4-8(11)12-2/h7,10H,3-6H2,1-2H3/t7-,9-/m0/s1. The Labute approximate surface area is 77.8 Å². The van der Waals surface area contributed by atoms with Crippen molar-refractivity contribution in [2.75, 3.05) is 13.7 Å². The second-order valence-electron chi connectivity index (χ2n) is 3.53. The molecule has 0 aromatic carbocycles. The zero-order valence-electron chi connectivity index (χ0n) is 8.08. The van der Waals surface area contributed by atoms with Crippen LogP contribution in [-0.2, 0) is 14.3 Å². The highest BCUT2D eigenvalue weighted by Gasteiger charge is 2.50. The minimum atomic E-state index is -0.206. The molecule has 0 aliphatic carbocycles. The fraction of sp³-hybridized carbons (Fsp3) is 0.889. The van der Waals surface area contributed by atoms with E-state index in [1.165, 1.54) is 7.11 Å². The molecule has 0 radical (unpaired) electrons. The average molecular weight is 188 g/mol. The Morgan fingerprint density at radius 3 is 2.85 bits per heavy atom. The molecule has 1 heterocycles. The molecule has 4 heteroatoms. The first kappa shape index (κ1) is 10.5. The van der Waals surface area contributed by atoms with Crippen LogP contribution in [0.1, 0.15) is 26.2 Å². The summed E-state index contributed by atoms with van der Waals surface area (Å²) in [5, 5.41) is 8.78. The second kappa shape index (κ2) is 4.07. The van der Waals surface area contributed by atoms with Gasteiger partial charge in [-0.05, 0) is 19.8 Å². The third-order valence-electron chi connectivity index (χ3n) is 2.48. The van der Waals surface area contributed by atoms with Gasteiger partial charge >= 0.3 is 5.97 Å². The SMILES string of the molecule is COC(=O)CCC[C@]1(C)O[C@H]1CO. The Balaban J connectivity index is 2.10. The minimum Gasteiger partial charge on any atom is -0.469 e. The summed E-state index contributed by atoms with van der Waals surface area (Å²) in [7, 11) is 1.38. The van der Waals surface area contributed by atoms with Crippen LogP contribution < -0.4 is 0 Å². The first-order valence-electron chi connectivity index (χ1n) is 4.48. The molecule has 1 fully saturated rings. The van der Waals surface area contributed by atoms with E-state index < -0.39 is 0 Å². The van der Waals surface area contributed by atoms with Gasteiger partial charge in [0.1, 0.15) is 6.10 Å². The monoisotopic (exact) mass is 188 g/mol. The number of hydrogen-bond donors (Lipinski definition) is 1. The van der Waals surface area contributed by atoms with E-state index in [0.29, 0.717) is 6.42 Å². The number of aliphatic hydroxyl groups excluding tert-OH is 1. The van der Waals surface area contributed by atoms with Gasteiger partial charge < -0.3 is 14.6 Å². The summed E-state index contributed by atoms with van der Waals surface area (Å²) in [5.41, 5.74) is -0.206. The number of rotatable bonds is 5. The predicted octanol–water partition coefficient (Wildman–Crippen LogP) is 0.479. The molecule has 0 unspecified atom stereocenters. The van der Waals surface area contributed by atoms with Gasteiger partial charge in [-0.2, -0.15) is 0 Å². The van der Waals surface area contributed by atoms with Crippen molar-refractivity contribution in [2.24, 2.45) is 0 Å². The molecular weight excluding hydrogens is 172 g/mol. The summed E-state index contributed by atoms with van der Waals surface area (Å²) < 4.78 is 9.78. The van der Waals surface area contributed by atoms with Crippen molar-refractivity contribution >= 4 is 5.97 Å². The van der Waals surface area contributed by atoms with Crippen LogP contribution in [0.15, 0.2) is 0 Å². The van der Waals surface area contributed by atoms with Crippen LogP contribution in [-0.4, -0.2) is 36.5 Å². The van der Waals surface area contributed by atoms with Crippen molar-refractivity contribution in [3.63, 3.8) is 0 Å². The van der Waals surface area contributed by atoms with Crippen molar-refractivity contribution < 1.29 is 19.4 Å². The van der Waals surface area contributed by atoms with E-state index >= 15 is 0 Å². The average Bonchev–Trinajstić information content (AvgIpc) is 2.77. The van der Waals surface area contributed by atoms with E-state index in [4.69, 9.17) is 9.84 Å². The topological polar surface area (TPSA) is 59.1 Å². The Bertz CT molecular complexity index is 192. The van der Waals surface area contributed by atoms with Crippen LogP contribution in [0.2, 0.25) is 0 Å². The third kappa shape index (κ3) is 2.67. The van der Waals surface area contributed by atoms with E-state index in [2.05, 4.69) is 4.74 Å². The van der Waals surface area contributed by atoms with Crippen LogP contribution in [0, 0.1) is 0 Å². The molecule has 0 aromatic rings. The molecule has 0 aromatic heterocycles. The van der Waals surface area contributed by atoms with E-state index in [0.717, 1.165) is 12.8 Å². The molecule has 1 aliphatic heterocycles. The Hall–Kier alpha value is -0.610. The Morgan fingerprint density at radius 2 is 2.38 bits per heavy atom. The number of epoxide rings is 1. The maximum atomic E-state index is 10.8. The first-order chi connectivity index (χ1) is 6.12. The fourth-order valence-electron chi connectivity index (χ4n) is 1.43. The smallest absolute Gasteiger partial charge is 0.305 e. The maximum Gasteiger partial charge on any atom is 0.305 e. The summed E-state index contributed by atoms with van der Waals surface area (Å²) in [5.74, 6) is -0.190. The molecule has 0 spiro atoms. The number of aliphatic hydroxyl groups is 1. The lowest BCUT2D eigenvalue weighted by atomic mass is 10.0. The summed E-state index contributed by atoms with van der Waals surface area (Å²) in [4.78, 5) is 10.8. The van der Waals surface area contributed by atoms with Gasteiger partial charge in [0, 0.05) is 6.42 Å². The molecule has 1 saturated heterocycles. The molecule has 1 rings (SSSR count). The number of hydrogen-bond acceptors (Lipinski definition) is 4. The van der Waals surface area contributed by atoms with Crippen molar-refractivity contribution in [2.45, 2.75) is 37.9 Å². The highest BCUT2D eigenvalue weighted by Crippen LogP contribution is 2.39. The summed E-state index contributed by atoms with van der Waals surface area (Å²) >= 11 is 0. The van der Waals surface area contributed by atoms with Crippen LogP contribution >= 0.6 is 0 Å². The minimum absolute atomic E-state index is 0.0369. The van der Waals surface area contributed by atoms with Gasteiger partial charge in [-0.25, -0.2) is 0 Å². The van der Waals surface area contributed by atoms with Crippen LogP contribution in [0.25, 0.3) is 0 Å². The highest BCUT2D eigenvalue weighted by atomic mass is 16.6. The lowest BCUT2D eigenvalue weighted by molar-refractivity contribution is -0.140. The van der Waals surface area contributed by atoms with Gasteiger partial charge in [-0.3, -0.25) is 4.79 Å². The van der Waals surface area contributed by atoms with Crippen LogP contribution in [0.4, 0.5) is 0 Å². The van der Waals surface area contributed by atoms with Gasteiger partial charge in [0.05, 0.1) is 19.3 Å². The van der Waals surface area contributed by atoms with Gasteiger partial charge in [0.25, 0.3) is 0 Å². The molecule has 0 bridgehead atoms. The van der Waals surface area contributed by atoms with Gasteiger partial charge in [0.2, 0.25) is 0 Å². The lowest BCUT2D eigenvalue weighted by Crippen LogP contribution is -2.13.